The SMILES string of the molecule is CC1(C)[C@@]2(C)CC[C@]1(C(=O)OC1(C#N)C[C@@H]3C=C[C@H]1O3)OC2=O. The number of carbonyl (C=O) groups is 2. The summed E-state index contributed by atoms with van der Waals surface area (Å²) in [6, 6.07) is 2.11. The topological polar surface area (TPSA) is 85.6 Å². The molecule has 0 amide bonds. The summed E-state index contributed by atoms with van der Waals surface area (Å²) in [5.41, 5.74) is -4.01. The quantitative estimate of drug-likeness (QED) is 0.568. The van der Waals surface area contributed by atoms with E-state index >= 15 is 0 Å². The average Bonchev–Trinajstić information content (AvgIpc) is 3.18. The highest BCUT2D eigenvalue weighted by Gasteiger charge is 2.77. The van der Waals surface area contributed by atoms with Crippen LogP contribution in [0.25, 0.3) is 0 Å². The van der Waals surface area contributed by atoms with Crippen molar-refractivity contribution in [1.29, 1.82) is 5.26 Å². The number of carbonyl (C=O) groups excluding carboxylic acids is 2. The number of esters is 2. The molecule has 0 aromatic carbocycles. The Morgan fingerprint density at radius 3 is 2.52 bits per heavy atom. The molecule has 0 aromatic rings. The number of nitrogens with zero attached hydrogens (tertiary/aromatic N) is 1. The van der Waals surface area contributed by atoms with E-state index in [0.717, 1.165) is 0 Å². The summed E-state index contributed by atoms with van der Waals surface area (Å²) in [5.74, 6) is -0.982. The van der Waals surface area contributed by atoms with Crippen LogP contribution in [0.5, 0.6) is 0 Å². The van der Waals surface area contributed by atoms with E-state index in [1.807, 2.05) is 26.8 Å². The second-order valence-corrected chi connectivity index (χ2v) is 7.75. The Labute approximate surface area is 134 Å². The Morgan fingerprint density at radius 2 is 2.09 bits per heavy atom. The number of ether oxygens (including phenoxy) is 3. The second kappa shape index (κ2) is 3.96. The fourth-order valence-electron chi connectivity index (χ4n) is 4.48. The minimum atomic E-state index is -1.32. The van der Waals surface area contributed by atoms with Crippen molar-refractivity contribution in [2.75, 3.05) is 0 Å². The number of nitriles is 1. The lowest BCUT2D eigenvalue weighted by atomic mass is 9.66. The Bertz CT molecular complexity index is 692. The zero-order valence-corrected chi connectivity index (χ0v) is 13.4. The van der Waals surface area contributed by atoms with E-state index in [4.69, 9.17) is 14.2 Å². The van der Waals surface area contributed by atoms with Crippen LogP contribution in [0, 0.1) is 22.2 Å². The molecule has 122 valence electrons. The molecule has 1 aliphatic carbocycles. The van der Waals surface area contributed by atoms with Crippen molar-refractivity contribution < 1.29 is 23.8 Å². The molecule has 3 heterocycles. The zero-order valence-electron chi connectivity index (χ0n) is 13.4. The maximum Gasteiger partial charge on any atom is 0.352 e. The third-order valence-corrected chi connectivity index (χ3v) is 6.66. The summed E-state index contributed by atoms with van der Waals surface area (Å²) in [6.07, 6.45) is 4.20. The van der Waals surface area contributed by atoms with Gasteiger partial charge in [0.2, 0.25) is 11.2 Å². The van der Waals surface area contributed by atoms with Crippen molar-refractivity contribution in [3.63, 3.8) is 0 Å². The molecule has 4 aliphatic rings. The van der Waals surface area contributed by atoms with Gasteiger partial charge < -0.3 is 14.2 Å². The van der Waals surface area contributed by atoms with E-state index in [2.05, 4.69) is 6.07 Å². The van der Waals surface area contributed by atoms with Gasteiger partial charge in [-0.3, -0.25) is 4.79 Å². The third-order valence-electron chi connectivity index (χ3n) is 6.66. The smallest absolute Gasteiger partial charge is 0.352 e. The van der Waals surface area contributed by atoms with Crippen LogP contribution in [0.15, 0.2) is 12.2 Å². The number of rotatable bonds is 2. The van der Waals surface area contributed by atoms with Crippen LogP contribution >= 0.6 is 0 Å². The average molecular weight is 317 g/mol. The molecule has 0 radical (unpaired) electrons. The molecular formula is C17H19NO5. The fourth-order valence-corrected chi connectivity index (χ4v) is 4.48. The number of fused-ring (bicyclic) bond motifs is 4. The molecule has 5 atom stereocenters. The Kier molecular flexibility index (Phi) is 2.53. The van der Waals surface area contributed by atoms with Gasteiger partial charge in [-0.1, -0.05) is 26.0 Å². The first kappa shape index (κ1) is 14.7. The van der Waals surface area contributed by atoms with Crippen LogP contribution in [0.2, 0.25) is 0 Å². The van der Waals surface area contributed by atoms with Crippen molar-refractivity contribution in [2.24, 2.45) is 10.8 Å². The predicted octanol–water partition coefficient (Wildman–Crippen LogP) is 1.64. The van der Waals surface area contributed by atoms with E-state index in [0.29, 0.717) is 19.3 Å². The molecule has 6 nitrogen and oxygen atoms in total. The second-order valence-electron chi connectivity index (χ2n) is 7.75. The highest BCUT2D eigenvalue weighted by Crippen LogP contribution is 2.66. The van der Waals surface area contributed by atoms with Crippen LogP contribution in [0.1, 0.15) is 40.0 Å². The summed E-state index contributed by atoms with van der Waals surface area (Å²) in [6.45, 7) is 5.56. The van der Waals surface area contributed by atoms with Crippen molar-refractivity contribution >= 4 is 11.9 Å². The first-order chi connectivity index (χ1) is 10.7. The van der Waals surface area contributed by atoms with Gasteiger partial charge in [-0.05, 0) is 19.8 Å². The largest absolute Gasteiger partial charge is 0.446 e. The molecule has 0 aromatic heterocycles. The van der Waals surface area contributed by atoms with Crippen LogP contribution in [-0.2, 0) is 23.8 Å². The van der Waals surface area contributed by atoms with Crippen LogP contribution < -0.4 is 0 Å². The minimum Gasteiger partial charge on any atom is -0.446 e. The molecule has 1 saturated carbocycles. The van der Waals surface area contributed by atoms with Gasteiger partial charge in [0.1, 0.15) is 12.2 Å². The standard InChI is InChI=1S/C17H19NO5/c1-14(2)15(3)6-7-17(14,23-12(15)19)13(20)22-16(9-18)8-10-4-5-11(16)21-10/h4-5,10-11H,6-8H2,1-3H3/t10-,11+,15-,16?,17+/m0/s1. The van der Waals surface area contributed by atoms with Crippen molar-refractivity contribution in [3.05, 3.63) is 12.2 Å². The van der Waals surface area contributed by atoms with E-state index in [1.54, 1.807) is 6.08 Å². The molecule has 0 spiro atoms. The van der Waals surface area contributed by atoms with E-state index < -0.39 is 34.1 Å². The molecule has 23 heavy (non-hydrogen) atoms. The lowest BCUT2D eigenvalue weighted by Gasteiger charge is -2.37. The molecule has 3 aliphatic heterocycles. The van der Waals surface area contributed by atoms with Gasteiger partial charge in [0.25, 0.3) is 0 Å². The first-order valence-electron chi connectivity index (χ1n) is 7.93. The third kappa shape index (κ3) is 1.43. The van der Waals surface area contributed by atoms with Gasteiger partial charge >= 0.3 is 11.9 Å². The lowest BCUT2D eigenvalue weighted by molar-refractivity contribution is -0.192. The van der Waals surface area contributed by atoms with Gasteiger partial charge in [-0.25, -0.2) is 4.79 Å². The Morgan fingerprint density at radius 1 is 1.35 bits per heavy atom. The molecular weight excluding hydrogens is 298 g/mol. The zero-order chi connectivity index (χ0) is 16.7. The number of hydrogen-bond donors (Lipinski definition) is 0. The van der Waals surface area contributed by atoms with E-state index in [-0.39, 0.29) is 12.1 Å². The van der Waals surface area contributed by atoms with Crippen molar-refractivity contribution in [1.82, 2.24) is 0 Å². The number of hydrogen-bond acceptors (Lipinski definition) is 6. The van der Waals surface area contributed by atoms with E-state index in [1.165, 1.54) is 0 Å². The van der Waals surface area contributed by atoms with Crippen LogP contribution in [0.3, 0.4) is 0 Å². The highest BCUT2D eigenvalue weighted by molar-refractivity contribution is 5.94. The van der Waals surface area contributed by atoms with Gasteiger partial charge in [0.15, 0.2) is 0 Å². The molecule has 3 fully saturated rings. The lowest BCUT2D eigenvalue weighted by Crippen LogP contribution is -2.53. The Balaban J connectivity index is 1.67. The van der Waals surface area contributed by atoms with Crippen LogP contribution in [-0.4, -0.2) is 35.3 Å². The summed E-state index contributed by atoms with van der Waals surface area (Å²) in [5, 5.41) is 9.58. The Hall–Kier alpha value is -1.87. The van der Waals surface area contributed by atoms with E-state index in [9.17, 15) is 14.9 Å². The molecule has 2 saturated heterocycles. The van der Waals surface area contributed by atoms with Gasteiger partial charge in [0, 0.05) is 11.8 Å². The normalized spacial score (nSPS) is 48.3. The van der Waals surface area contributed by atoms with Gasteiger partial charge in [-0.15, -0.1) is 0 Å². The molecule has 1 unspecified atom stereocenters. The summed E-state index contributed by atoms with van der Waals surface area (Å²) >= 11 is 0. The molecule has 0 N–H and O–H groups in total. The summed E-state index contributed by atoms with van der Waals surface area (Å²) in [7, 11) is 0. The molecule has 4 bridgehead atoms. The minimum absolute atomic E-state index is 0.196. The predicted molar refractivity (Wildman–Crippen MR) is 76.8 cm³/mol. The summed E-state index contributed by atoms with van der Waals surface area (Å²) in [4.78, 5) is 25.3. The van der Waals surface area contributed by atoms with Crippen molar-refractivity contribution in [3.8, 4) is 6.07 Å². The van der Waals surface area contributed by atoms with Crippen LogP contribution in [0.4, 0.5) is 0 Å². The van der Waals surface area contributed by atoms with Gasteiger partial charge in [-0.2, -0.15) is 5.26 Å². The molecule has 6 heteroatoms. The maximum atomic E-state index is 13.0. The van der Waals surface area contributed by atoms with Gasteiger partial charge in [0.05, 0.1) is 11.5 Å². The fraction of sp³-hybridized carbons (Fsp3) is 0.706. The monoisotopic (exact) mass is 317 g/mol. The highest BCUT2D eigenvalue weighted by atomic mass is 16.6. The van der Waals surface area contributed by atoms with Crippen molar-refractivity contribution in [2.45, 2.75) is 63.4 Å². The summed E-state index contributed by atoms with van der Waals surface area (Å²) < 4.78 is 16.8. The maximum absolute atomic E-state index is 13.0. The molecule has 4 rings (SSSR count). The first-order valence-corrected chi connectivity index (χ1v) is 7.93.